The van der Waals surface area contributed by atoms with Crippen molar-refractivity contribution in [3.05, 3.63) is 32.9 Å². The lowest BCUT2D eigenvalue weighted by Gasteiger charge is -2.38. The van der Waals surface area contributed by atoms with E-state index in [-0.39, 0.29) is 5.91 Å². The lowest BCUT2D eigenvalue weighted by atomic mass is 10.1. The van der Waals surface area contributed by atoms with E-state index >= 15 is 0 Å². The highest BCUT2D eigenvalue weighted by Crippen LogP contribution is 2.19. The zero-order valence-corrected chi connectivity index (χ0v) is 14.7. The Labute approximate surface area is 135 Å². The smallest absolute Gasteiger partial charge is 0.255 e. The number of aryl methyl sites for hydroxylation is 1. The largest absolute Gasteiger partial charge is 0.336 e. The SMILES string of the molecule is CCC(C)N1CCN(C(=O)c2cccc(C)c2I)CC1. The second-order valence-corrected chi connectivity index (χ2v) is 6.60. The highest BCUT2D eigenvalue weighted by atomic mass is 127. The van der Waals surface area contributed by atoms with E-state index in [4.69, 9.17) is 0 Å². The van der Waals surface area contributed by atoms with Crippen molar-refractivity contribution in [3.63, 3.8) is 0 Å². The molecule has 0 spiro atoms. The van der Waals surface area contributed by atoms with E-state index in [1.165, 1.54) is 12.0 Å². The molecule has 0 N–H and O–H groups in total. The molecule has 0 aliphatic carbocycles. The fourth-order valence-electron chi connectivity index (χ4n) is 2.61. The number of carbonyl (C=O) groups is 1. The second-order valence-electron chi connectivity index (χ2n) is 5.52. The van der Waals surface area contributed by atoms with Crippen molar-refractivity contribution in [1.82, 2.24) is 9.80 Å². The Balaban J connectivity index is 2.03. The third-order valence-corrected chi connectivity index (χ3v) is 5.67. The monoisotopic (exact) mass is 386 g/mol. The Morgan fingerprint density at radius 1 is 1.30 bits per heavy atom. The van der Waals surface area contributed by atoms with Crippen LogP contribution in [0.25, 0.3) is 0 Å². The average Bonchev–Trinajstić information content (AvgIpc) is 2.48. The molecule has 0 saturated carbocycles. The number of piperazine rings is 1. The van der Waals surface area contributed by atoms with E-state index in [0.29, 0.717) is 6.04 Å². The van der Waals surface area contributed by atoms with Gasteiger partial charge in [-0.05, 0) is 54.5 Å². The van der Waals surface area contributed by atoms with Crippen LogP contribution in [0.5, 0.6) is 0 Å². The van der Waals surface area contributed by atoms with Gasteiger partial charge in [-0.2, -0.15) is 0 Å². The molecule has 0 bridgehead atoms. The minimum absolute atomic E-state index is 0.182. The fourth-order valence-corrected chi connectivity index (χ4v) is 3.20. The van der Waals surface area contributed by atoms with E-state index in [2.05, 4.69) is 54.3 Å². The van der Waals surface area contributed by atoms with Crippen LogP contribution in [0, 0.1) is 10.5 Å². The molecule has 1 unspecified atom stereocenters. The normalized spacial score (nSPS) is 18.1. The molecule has 1 fully saturated rings. The minimum Gasteiger partial charge on any atom is -0.336 e. The van der Waals surface area contributed by atoms with Gasteiger partial charge in [0.1, 0.15) is 0 Å². The Kier molecular flexibility index (Phi) is 5.43. The van der Waals surface area contributed by atoms with Crippen LogP contribution in [0.15, 0.2) is 18.2 Å². The maximum absolute atomic E-state index is 12.6. The van der Waals surface area contributed by atoms with E-state index in [1.54, 1.807) is 0 Å². The lowest BCUT2D eigenvalue weighted by Crippen LogP contribution is -2.51. The van der Waals surface area contributed by atoms with E-state index in [1.807, 2.05) is 17.0 Å². The van der Waals surface area contributed by atoms with Gasteiger partial charge in [0.2, 0.25) is 0 Å². The molecule has 1 aliphatic heterocycles. The van der Waals surface area contributed by atoms with Crippen LogP contribution in [-0.4, -0.2) is 47.9 Å². The molecule has 1 aromatic carbocycles. The van der Waals surface area contributed by atoms with Crippen LogP contribution in [0.4, 0.5) is 0 Å². The third-order valence-electron chi connectivity index (χ3n) is 4.24. The molecule has 110 valence electrons. The number of halogens is 1. The fraction of sp³-hybridized carbons (Fsp3) is 0.562. The molecule has 2 rings (SSSR count). The number of carbonyl (C=O) groups excluding carboxylic acids is 1. The highest BCUT2D eigenvalue weighted by molar-refractivity contribution is 14.1. The molecule has 4 heteroatoms. The summed E-state index contributed by atoms with van der Waals surface area (Å²) in [5, 5.41) is 0. The molecule has 1 aromatic rings. The molecule has 1 heterocycles. The molecule has 0 aromatic heterocycles. The topological polar surface area (TPSA) is 23.6 Å². The first kappa shape index (κ1) is 15.8. The maximum atomic E-state index is 12.6. The third kappa shape index (κ3) is 3.34. The van der Waals surface area contributed by atoms with Crippen molar-refractivity contribution < 1.29 is 4.79 Å². The van der Waals surface area contributed by atoms with E-state index < -0.39 is 0 Å². The van der Waals surface area contributed by atoms with Gasteiger partial charge in [-0.1, -0.05) is 19.1 Å². The molecular weight excluding hydrogens is 363 g/mol. The summed E-state index contributed by atoms with van der Waals surface area (Å²) in [6.07, 6.45) is 1.17. The number of benzene rings is 1. The highest BCUT2D eigenvalue weighted by Gasteiger charge is 2.25. The predicted octanol–water partition coefficient (Wildman–Crippen LogP) is 3.16. The standard InChI is InChI=1S/C16H23IN2O/c1-4-13(3)18-8-10-19(11-9-18)16(20)14-7-5-6-12(2)15(14)17/h5-7,13H,4,8-11H2,1-3H3. The summed E-state index contributed by atoms with van der Waals surface area (Å²) in [6, 6.07) is 6.59. The Hall–Kier alpha value is -0.620. The van der Waals surface area contributed by atoms with Crippen molar-refractivity contribution >= 4 is 28.5 Å². The summed E-state index contributed by atoms with van der Waals surface area (Å²) in [5.41, 5.74) is 2.03. The van der Waals surface area contributed by atoms with Crippen LogP contribution in [0.3, 0.4) is 0 Å². The molecule has 3 nitrogen and oxygen atoms in total. The molecule has 0 radical (unpaired) electrons. The van der Waals surface area contributed by atoms with E-state index in [0.717, 1.165) is 35.3 Å². The summed E-state index contributed by atoms with van der Waals surface area (Å²) in [5.74, 6) is 0.182. The van der Waals surface area contributed by atoms with Gasteiger partial charge in [-0.3, -0.25) is 9.69 Å². The second kappa shape index (κ2) is 6.89. The van der Waals surface area contributed by atoms with Crippen molar-refractivity contribution in [2.24, 2.45) is 0 Å². The van der Waals surface area contributed by atoms with Gasteiger partial charge in [0, 0.05) is 35.8 Å². The minimum atomic E-state index is 0.182. The summed E-state index contributed by atoms with van der Waals surface area (Å²) >= 11 is 2.28. The summed E-state index contributed by atoms with van der Waals surface area (Å²) in [4.78, 5) is 17.1. The summed E-state index contributed by atoms with van der Waals surface area (Å²) in [7, 11) is 0. The van der Waals surface area contributed by atoms with Gasteiger partial charge < -0.3 is 4.90 Å². The molecule has 1 aliphatic rings. The first-order valence-corrected chi connectivity index (χ1v) is 8.41. The maximum Gasteiger partial charge on any atom is 0.255 e. The van der Waals surface area contributed by atoms with Gasteiger partial charge in [0.05, 0.1) is 5.56 Å². The van der Waals surface area contributed by atoms with E-state index in [9.17, 15) is 4.79 Å². The quantitative estimate of drug-likeness (QED) is 0.746. The summed E-state index contributed by atoms with van der Waals surface area (Å²) < 4.78 is 1.08. The average molecular weight is 386 g/mol. The molecule has 1 amide bonds. The van der Waals surface area contributed by atoms with Gasteiger partial charge in [0.15, 0.2) is 0 Å². The summed E-state index contributed by atoms with van der Waals surface area (Å²) in [6.45, 7) is 10.2. The first-order valence-electron chi connectivity index (χ1n) is 7.33. The van der Waals surface area contributed by atoms with Gasteiger partial charge >= 0.3 is 0 Å². The van der Waals surface area contributed by atoms with Crippen molar-refractivity contribution in [2.45, 2.75) is 33.2 Å². The van der Waals surface area contributed by atoms with Crippen molar-refractivity contribution in [1.29, 1.82) is 0 Å². The molecule has 1 saturated heterocycles. The van der Waals surface area contributed by atoms with Crippen LogP contribution in [0.1, 0.15) is 36.2 Å². The van der Waals surface area contributed by atoms with Crippen LogP contribution < -0.4 is 0 Å². The van der Waals surface area contributed by atoms with Gasteiger partial charge in [-0.25, -0.2) is 0 Å². The lowest BCUT2D eigenvalue weighted by molar-refractivity contribution is 0.0578. The molecule has 20 heavy (non-hydrogen) atoms. The van der Waals surface area contributed by atoms with Gasteiger partial charge in [-0.15, -0.1) is 0 Å². The van der Waals surface area contributed by atoms with Crippen molar-refractivity contribution in [2.75, 3.05) is 26.2 Å². The number of hydrogen-bond acceptors (Lipinski definition) is 2. The predicted molar refractivity (Wildman–Crippen MR) is 91.1 cm³/mol. The zero-order chi connectivity index (χ0) is 14.7. The Bertz CT molecular complexity index is 481. The van der Waals surface area contributed by atoms with Crippen LogP contribution >= 0.6 is 22.6 Å². The van der Waals surface area contributed by atoms with Crippen LogP contribution in [-0.2, 0) is 0 Å². The number of amides is 1. The number of hydrogen-bond donors (Lipinski definition) is 0. The van der Waals surface area contributed by atoms with Crippen molar-refractivity contribution in [3.8, 4) is 0 Å². The molecule has 1 atom stereocenters. The van der Waals surface area contributed by atoms with Gasteiger partial charge in [0.25, 0.3) is 5.91 Å². The zero-order valence-electron chi connectivity index (χ0n) is 12.5. The Morgan fingerprint density at radius 2 is 1.95 bits per heavy atom. The number of rotatable bonds is 3. The first-order chi connectivity index (χ1) is 9.54. The number of nitrogens with zero attached hydrogens (tertiary/aromatic N) is 2. The van der Waals surface area contributed by atoms with Crippen LogP contribution in [0.2, 0.25) is 0 Å². The molecular formula is C16H23IN2O. The Morgan fingerprint density at radius 3 is 2.55 bits per heavy atom.